The van der Waals surface area contributed by atoms with Crippen molar-refractivity contribution in [3.05, 3.63) is 70.4 Å². The van der Waals surface area contributed by atoms with Crippen LogP contribution in [0.4, 0.5) is 11.4 Å². The standard InChI is InChI=1S/C19H18N4O7/c1-2-28-13-4-6-15(16(10-13)23(26)27)21-18(24)12-29-19(25)17-7-5-14(30-17)11-22-9-3-8-20-22/h3-10H,2,11-12H2,1H3,(H,21,24). The molecule has 1 amide bonds. The molecule has 3 rings (SSSR count). The molecule has 0 fully saturated rings. The third-order valence-electron chi connectivity index (χ3n) is 3.83. The number of nitrogens with one attached hydrogen (secondary N) is 1. The highest BCUT2D eigenvalue weighted by Crippen LogP contribution is 2.29. The van der Waals surface area contributed by atoms with Gasteiger partial charge in [-0.3, -0.25) is 19.6 Å². The smallest absolute Gasteiger partial charge is 0.374 e. The van der Waals surface area contributed by atoms with Crippen molar-refractivity contribution in [2.24, 2.45) is 0 Å². The number of benzene rings is 1. The Bertz CT molecular complexity index is 1040. The predicted octanol–water partition coefficient (Wildman–Crippen LogP) is 2.63. The van der Waals surface area contributed by atoms with Crippen molar-refractivity contribution in [3.63, 3.8) is 0 Å². The molecular formula is C19H18N4O7. The summed E-state index contributed by atoms with van der Waals surface area (Å²) in [5.41, 5.74) is -0.376. The monoisotopic (exact) mass is 414 g/mol. The highest BCUT2D eigenvalue weighted by Gasteiger charge is 2.19. The summed E-state index contributed by atoms with van der Waals surface area (Å²) in [5.74, 6) is -0.855. The molecule has 2 aromatic heterocycles. The number of nitro benzene ring substituents is 1. The molecule has 0 atom stereocenters. The van der Waals surface area contributed by atoms with Crippen molar-refractivity contribution in [3.8, 4) is 5.75 Å². The van der Waals surface area contributed by atoms with Crippen LogP contribution in [-0.4, -0.2) is 39.8 Å². The first-order valence-corrected chi connectivity index (χ1v) is 8.90. The number of amides is 1. The van der Waals surface area contributed by atoms with E-state index in [9.17, 15) is 19.7 Å². The molecule has 156 valence electrons. The second kappa shape index (κ2) is 9.37. The molecule has 1 N–H and O–H groups in total. The minimum Gasteiger partial charge on any atom is -0.494 e. The highest BCUT2D eigenvalue weighted by molar-refractivity contribution is 5.96. The predicted molar refractivity (Wildman–Crippen MR) is 103 cm³/mol. The van der Waals surface area contributed by atoms with E-state index in [-0.39, 0.29) is 17.1 Å². The molecule has 0 unspecified atom stereocenters. The fourth-order valence-corrected chi connectivity index (χ4v) is 2.54. The second-order valence-corrected chi connectivity index (χ2v) is 5.96. The lowest BCUT2D eigenvalue weighted by Gasteiger charge is -2.08. The highest BCUT2D eigenvalue weighted by atomic mass is 16.6. The van der Waals surface area contributed by atoms with Gasteiger partial charge in [-0.05, 0) is 37.3 Å². The van der Waals surface area contributed by atoms with Crippen molar-refractivity contribution in [1.82, 2.24) is 9.78 Å². The molecule has 0 saturated heterocycles. The van der Waals surface area contributed by atoms with Crippen LogP contribution in [0.1, 0.15) is 23.2 Å². The number of carbonyl (C=O) groups excluding carboxylic acids is 2. The molecule has 0 aliphatic carbocycles. The van der Waals surface area contributed by atoms with E-state index in [1.54, 1.807) is 36.1 Å². The van der Waals surface area contributed by atoms with Crippen LogP contribution in [0.25, 0.3) is 0 Å². The van der Waals surface area contributed by atoms with Gasteiger partial charge in [-0.1, -0.05) is 0 Å². The first-order chi connectivity index (χ1) is 14.5. The number of hydrogen-bond donors (Lipinski definition) is 1. The maximum atomic E-state index is 12.1. The van der Waals surface area contributed by atoms with Crippen LogP contribution in [0.3, 0.4) is 0 Å². The third kappa shape index (κ3) is 5.22. The largest absolute Gasteiger partial charge is 0.494 e. The van der Waals surface area contributed by atoms with E-state index in [2.05, 4.69) is 10.4 Å². The summed E-state index contributed by atoms with van der Waals surface area (Å²) in [6.45, 7) is 1.78. The number of carbonyl (C=O) groups is 2. The van der Waals surface area contributed by atoms with Crippen molar-refractivity contribution < 1.29 is 28.4 Å². The molecule has 0 aliphatic heterocycles. The fraction of sp³-hybridized carbons (Fsp3) is 0.211. The van der Waals surface area contributed by atoms with Crippen molar-refractivity contribution in [2.75, 3.05) is 18.5 Å². The first-order valence-electron chi connectivity index (χ1n) is 8.90. The quantitative estimate of drug-likeness (QED) is 0.320. The number of nitrogens with zero attached hydrogens (tertiary/aromatic N) is 3. The Kier molecular flexibility index (Phi) is 6.42. The van der Waals surface area contributed by atoms with Crippen LogP contribution in [0.15, 0.2) is 53.2 Å². The summed E-state index contributed by atoms with van der Waals surface area (Å²) in [4.78, 5) is 34.7. The molecule has 0 aliphatic rings. The van der Waals surface area contributed by atoms with E-state index in [1.807, 2.05) is 0 Å². The Hall–Kier alpha value is -4.15. The average molecular weight is 414 g/mol. The van der Waals surface area contributed by atoms with E-state index < -0.39 is 23.4 Å². The number of rotatable bonds is 9. The van der Waals surface area contributed by atoms with E-state index in [0.29, 0.717) is 24.7 Å². The second-order valence-electron chi connectivity index (χ2n) is 5.96. The molecule has 2 heterocycles. The van der Waals surface area contributed by atoms with Gasteiger partial charge in [0.2, 0.25) is 5.76 Å². The van der Waals surface area contributed by atoms with Crippen LogP contribution in [-0.2, 0) is 16.1 Å². The summed E-state index contributed by atoms with van der Waals surface area (Å²) < 4.78 is 17.1. The molecule has 0 spiro atoms. The number of hydrogen-bond acceptors (Lipinski definition) is 8. The van der Waals surface area contributed by atoms with E-state index in [1.165, 1.54) is 24.3 Å². The first kappa shape index (κ1) is 20.6. The van der Waals surface area contributed by atoms with Crippen LogP contribution in [0, 0.1) is 10.1 Å². The minimum atomic E-state index is -0.835. The SMILES string of the molecule is CCOc1ccc(NC(=O)COC(=O)c2ccc(Cn3cccn3)o2)c([N+](=O)[O-])c1. The number of anilines is 1. The molecule has 0 radical (unpaired) electrons. The van der Waals surface area contributed by atoms with E-state index >= 15 is 0 Å². The number of furan rings is 1. The number of aromatic nitrogens is 2. The van der Waals surface area contributed by atoms with E-state index in [4.69, 9.17) is 13.9 Å². The van der Waals surface area contributed by atoms with Gasteiger partial charge in [0, 0.05) is 12.4 Å². The molecule has 0 bridgehead atoms. The summed E-state index contributed by atoms with van der Waals surface area (Å²) in [6.07, 6.45) is 3.36. The van der Waals surface area contributed by atoms with Gasteiger partial charge in [-0.15, -0.1) is 0 Å². The molecule has 3 aromatic rings. The van der Waals surface area contributed by atoms with Gasteiger partial charge < -0.3 is 19.2 Å². The molecule has 1 aromatic carbocycles. The average Bonchev–Trinajstić information content (AvgIpc) is 3.40. The van der Waals surface area contributed by atoms with Crippen LogP contribution >= 0.6 is 0 Å². The summed E-state index contributed by atoms with van der Waals surface area (Å²) in [6, 6.07) is 8.82. The van der Waals surface area contributed by atoms with Crippen molar-refractivity contribution >= 4 is 23.3 Å². The number of esters is 1. The zero-order valence-corrected chi connectivity index (χ0v) is 15.9. The van der Waals surface area contributed by atoms with Crippen LogP contribution in [0.2, 0.25) is 0 Å². The van der Waals surface area contributed by atoms with Gasteiger partial charge >= 0.3 is 5.97 Å². The Morgan fingerprint density at radius 3 is 2.83 bits per heavy atom. The van der Waals surface area contributed by atoms with Gasteiger partial charge in [0.1, 0.15) is 17.2 Å². The molecule has 11 nitrogen and oxygen atoms in total. The molecule has 11 heteroatoms. The third-order valence-corrected chi connectivity index (χ3v) is 3.83. The summed E-state index contributed by atoms with van der Waals surface area (Å²) >= 11 is 0. The molecule has 0 saturated carbocycles. The Balaban J connectivity index is 1.56. The maximum Gasteiger partial charge on any atom is 0.374 e. The maximum absolute atomic E-state index is 12.1. The number of ether oxygens (including phenoxy) is 2. The Morgan fingerprint density at radius 1 is 1.30 bits per heavy atom. The topological polar surface area (TPSA) is 139 Å². The van der Waals surface area contributed by atoms with Crippen molar-refractivity contribution in [2.45, 2.75) is 13.5 Å². The molecule has 30 heavy (non-hydrogen) atoms. The Labute approximate surface area is 170 Å². The fourth-order valence-electron chi connectivity index (χ4n) is 2.54. The lowest BCUT2D eigenvalue weighted by atomic mass is 10.2. The minimum absolute atomic E-state index is 0.0380. The lowest BCUT2D eigenvalue weighted by molar-refractivity contribution is -0.384. The van der Waals surface area contributed by atoms with Crippen molar-refractivity contribution in [1.29, 1.82) is 0 Å². The summed E-state index contributed by atoms with van der Waals surface area (Å²) in [5, 5.41) is 17.6. The molecular weight excluding hydrogens is 396 g/mol. The Morgan fingerprint density at radius 2 is 2.13 bits per heavy atom. The zero-order valence-electron chi connectivity index (χ0n) is 15.9. The van der Waals surface area contributed by atoms with Gasteiger partial charge in [0.15, 0.2) is 6.61 Å². The lowest BCUT2D eigenvalue weighted by Crippen LogP contribution is -2.21. The zero-order chi connectivity index (χ0) is 21.5. The van der Waals surface area contributed by atoms with Gasteiger partial charge in [0.05, 0.1) is 24.1 Å². The normalized spacial score (nSPS) is 10.4. The van der Waals surface area contributed by atoms with Crippen LogP contribution in [0.5, 0.6) is 5.75 Å². The summed E-state index contributed by atoms with van der Waals surface area (Å²) in [7, 11) is 0. The van der Waals surface area contributed by atoms with Gasteiger partial charge in [-0.25, -0.2) is 4.79 Å². The van der Waals surface area contributed by atoms with Gasteiger partial charge in [-0.2, -0.15) is 5.10 Å². The van der Waals surface area contributed by atoms with E-state index in [0.717, 1.165) is 0 Å². The van der Waals surface area contributed by atoms with Crippen LogP contribution < -0.4 is 10.1 Å². The number of nitro groups is 1. The van der Waals surface area contributed by atoms with Gasteiger partial charge in [0.25, 0.3) is 11.6 Å².